The highest BCUT2D eigenvalue weighted by Crippen LogP contribution is 2.19. The van der Waals surface area contributed by atoms with Crippen LogP contribution in [0.15, 0.2) is 12.1 Å². The first-order valence-electron chi connectivity index (χ1n) is 9.05. The van der Waals surface area contributed by atoms with E-state index in [4.69, 9.17) is 0 Å². The van der Waals surface area contributed by atoms with Crippen molar-refractivity contribution in [1.82, 2.24) is 25.1 Å². The molecule has 1 amide bonds. The van der Waals surface area contributed by atoms with E-state index in [1.54, 1.807) is 4.52 Å². The Bertz CT molecular complexity index is 715. The molecule has 0 radical (unpaired) electrons. The average Bonchev–Trinajstić information content (AvgIpc) is 3.34. The molecule has 0 unspecified atom stereocenters. The third-order valence-electron chi connectivity index (χ3n) is 5.04. The Morgan fingerprint density at radius 3 is 2.71 bits per heavy atom. The average molecular weight is 328 g/mol. The molecule has 1 saturated carbocycles. The summed E-state index contributed by atoms with van der Waals surface area (Å²) in [6.45, 7) is 2.11. The van der Waals surface area contributed by atoms with Gasteiger partial charge in [-0.25, -0.2) is 0 Å². The van der Waals surface area contributed by atoms with Crippen LogP contribution >= 0.6 is 0 Å². The lowest BCUT2D eigenvalue weighted by Gasteiger charge is -2.15. The van der Waals surface area contributed by atoms with Crippen molar-refractivity contribution in [3.63, 3.8) is 0 Å². The van der Waals surface area contributed by atoms with Crippen LogP contribution in [-0.4, -0.2) is 44.8 Å². The van der Waals surface area contributed by atoms with E-state index < -0.39 is 0 Å². The van der Waals surface area contributed by atoms with Crippen LogP contribution in [0.5, 0.6) is 0 Å². The van der Waals surface area contributed by atoms with Crippen LogP contribution in [0.4, 0.5) is 5.82 Å². The smallest absolute Gasteiger partial charge is 0.220 e. The van der Waals surface area contributed by atoms with E-state index in [-0.39, 0.29) is 5.91 Å². The highest BCUT2D eigenvalue weighted by molar-refractivity contribution is 5.76. The highest BCUT2D eigenvalue weighted by atomic mass is 16.1. The van der Waals surface area contributed by atoms with Crippen molar-refractivity contribution in [2.45, 2.75) is 57.4 Å². The molecule has 0 spiro atoms. The van der Waals surface area contributed by atoms with Crippen LogP contribution in [-0.2, 0) is 11.2 Å². The fourth-order valence-electron chi connectivity index (χ4n) is 3.69. The largest absolute Gasteiger partial charge is 0.355 e. The van der Waals surface area contributed by atoms with Gasteiger partial charge in [-0.2, -0.15) is 4.52 Å². The number of nitrogens with one attached hydrogen (secondary N) is 1. The summed E-state index contributed by atoms with van der Waals surface area (Å²) in [7, 11) is 0. The minimum Gasteiger partial charge on any atom is -0.355 e. The number of amides is 1. The normalized spacial score (nSPS) is 18.6. The second-order valence-electron chi connectivity index (χ2n) is 6.82. The molecule has 24 heavy (non-hydrogen) atoms. The molecule has 7 nitrogen and oxygen atoms in total. The predicted molar refractivity (Wildman–Crippen MR) is 90.9 cm³/mol. The standard InChI is InChI=1S/C17H24N6O/c24-17(18-13-5-1-2-6-13)10-9-15-20-19-14-7-8-16(21-23(14)15)22-11-3-4-12-22/h7-8,13H,1-6,9-12H2,(H,18,24). The van der Waals surface area contributed by atoms with Crippen molar-refractivity contribution in [2.24, 2.45) is 0 Å². The van der Waals surface area contributed by atoms with Gasteiger partial charge in [0.2, 0.25) is 5.91 Å². The summed E-state index contributed by atoms with van der Waals surface area (Å²) < 4.78 is 1.79. The zero-order valence-electron chi connectivity index (χ0n) is 13.9. The molecule has 0 atom stereocenters. The molecule has 0 aromatic carbocycles. The topological polar surface area (TPSA) is 75.4 Å². The monoisotopic (exact) mass is 328 g/mol. The number of aryl methyl sites for hydroxylation is 1. The number of carbonyl (C=O) groups excluding carboxylic acids is 1. The molecule has 3 heterocycles. The summed E-state index contributed by atoms with van der Waals surface area (Å²) in [5.74, 6) is 1.83. The van der Waals surface area contributed by atoms with Gasteiger partial charge in [-0.05, 0) is 37.8 Å². The van der Waals surface area contributed by atoms with Crippen molar-refractivity contribution < 1.29 is 4.79 Å². The number of carbonyl (C=O) groups is 1. The zero-order chi connectivity index (χ0) is 16.4. The van der Waals surface area contributed by atoms with Gasteiger partial charge in [-0.1, -0.05) is 12.8 Å². The molecule has 7 heteroatoms. The van der Waals surface area contributed by atoms with Crippen LogP contribution in [0.3, 0.4) is 0 Å². The molecule has 1 saturated heterocycles. The number of aromatic nitrogens is 4. The summed E-state index contributed by atoms with van der Waals surface area (Å²) >= 11 is 0. The molecular weight excluding hydrogens is 304 g/mol. The number of anilines is 1. The second kappa shape index (κ2) is 6.75. The van der Waals surface area contributed by atoms with Gasteiger partial charge >= 0.3 is 0 Å². The van der Waals surface area contributed by atoms with E-state index in [1.165, 1.54) is 25.7 Å². The van der Waals surface area contributed by atoms with Crippen LogP contribution in [0.2, 0.25) is 0 Å². The van der Waals surface area contributed by atoms with Crippen LogP contribution < -0.4 is 10.2 Å². The lowest BCUT2D eigenvalue weighted by atomic mass is 10.2. The maximum Gasteiger partial charge on any atom is 0.220 e. The van der Waals surface area contributed by atoms with Crippen LogP contribution in [0.25, 0.3) is 5.65 Å². The van der Waals surface area contributed by atoms with E-state index in [2.05, 4.69) is 25.5 Å². The van der Waals surface area contributed by atoms with Crippen molar-refractivity contribution in [2.75, 3.05) is 18.0 Å². The molecule has 4 rings (SSSR count). The number of hydrogen-bond donors (Lipinski definition) is 1. The Morgan fingerprint density at radius 1 is 1.12 bits per heavy atom. The maximum absolute atomic E-state index is 12.1. The molecule has 0 bridgehead atoms. The summed E-state index contributed by atoms with van der Waals surface area (Å²) in [6.07, 6.45) is 8.11. The first kappa shape index (κ1) is 15.4. The van der Waals surface area contributed by atoms with Gasteiger partial charge in [-0.15, -0.1) is 15.3 Å². The molecule has 128 valence electrons. The zero-order valence-corrected chi connectivity index (χ0v) is 13.9. The molecule has 1 N–H and O–H groups in total. The van der Waals surface area contributed by atoms with Crippen molar-refractivity contribution in [1.29, 1.82) is 0 Å². The summed E-state index contributed by atoms with van der Waals surface area (Å²) in [4.78, 5) is 14.4. The van der Waals surface area contributed by atoms with E-state index in [0.29, 0.717) is 18.9 Å². The number of nitrogens with zero attached hydrogens (tertiary/aromatic N) is 5. The summed E-state index contributed by atoms with van der Waals surface area (Å²) in [6, 6.07) is 4.33. The fraction of sp³-hybridized carbons (Fsp3) is 0.647. The van der Waals surface area contributed by atoms with Gasteiger partial charge in [0.1, 0.15) is 5.82 Å². The third-order valence-corrected chi connectivity index (χ3v) is 5.04. The Hall–Kier alpha value is -2.18. The van der Waals surface area contributed by atoms with Gasteiger partial charge in [-0.3, -0.25) is 4.79 Å². The van der Waals surface area contributed by atoms with Crippen LogP contribution in [0.1, 0.15) is 50.8 Å². The third kappa shape index (κ3) is 3.20. The molecule has 2 fully saturated rings. The SMILES string of the molecule is O=C(CCc1nnc2ccc(N3CCCC3)nn12)NC1CCCC1. The first-order valence-corrected chi connectivity index (χ1v) is 9.05. The summed E-state index contributed by atoms with van der Waals surface area (Å²) in [5.41, 5.74) is 0.740. The maximum atomic E-state index is 12.1. The van der Waals surface area contributed by atoms with Crippen molar-refractivity contribution >= 4 is 17.4 Å². The van der Waals surface area contributed by atoms with E-state index in [9.17, 15) is 4.79 Å². The Morgan fingerprint density at radius 2 is 1.92 bits per heavy atom. The molecule has 2 aliphatic rings. The number of rotatable bonds is 5. The molecule has 2 aromatic rings. The van der Waals surface area contributed by atoms with Gasteiger partial charge in [0.15, 0.2) is 11.5 Å². The number of hydrogen-bond acceptors (Lipinski definition) is 5. The van der Waals surface area contributed by atoms with Crippen LogP contribution in [0, 0.1) is 0 Å². The minimum atomic E-state index is 0.106. The quantitative estimate of drug-likeness (QED) is 0.904. The van der Waals surface area contributed by atoms with Gasteiger partial charge in [0, 0.05) is 32.0 Å². The van der Waals surface area contributed by atoms with Gasteiger partial charge < -0.3 is 10.2 Å². The lowest BCUT2D eigenvalue weighted by molar-refractivity contribution is -0.121. The minimum absolute atomic E-state index is 0.106. The van der Waals surface area contributed by atoms with Gasteiger partial charge in [0.05, 0.1) is 0 Å². The first-order chi connectivity index (χ1) is 11.8. The number of fused-ring (bicyclic) bond motifs is 1. The predicted octanol–water partition coefficient (Wildman–Crippen LogP) is 1.72. The van der Waals surface area contributed by atoms with E-state index in [0.717, 1.165) is 43.2 Å². The molecule has 1 aliphatic heterocycles. The van der Waals surface area contributed by atoms with Crippen molar-refractivity contribution in [3.05, 3.63) is 18.0 Å². The van der Waals surface area contributed by atoms with Gasteiger partial charge in [0.25, 0.3) is 0 Å². The molecule has 1 aliphatic carbocycles. The van der Waals surface area contributed by atoms with Crippen molar-refractivity contribution in [3.8, 4) is 0 Å². The second-order valence-corrected chi connectivity index (χ2v) is 6.82. The molecule has 2 aromatic heterocycles. The lowest BCUT2D eigenvalue weighted by Crippen LogP contribution is -2.32. The Kier molecular flexibility index (Phi) is 4.32. The Balaban J connectivity index is 1.43. The highest BCUT2D eigenvalue weighted by Gasteiger charge is 2.18. The molecular formula is C17H24N6O. The van der Waals surface area contributed by atoms with E-state index >= 15 is 0 Å². The summed E-state index contributed by atoms with van der Waals surface area (Å²) in [5, 5.41) is 16.2. The van der Waals surface area contributed by atoms with E-state index in [1.807, 2.05) is 12.1 Å². The Labute approximate surface area is 141 Å². The fourth-order valence-corrected chi connectivity index (χ4v) is 3.69.